The van der Waals surface area contributed by atoms with Crippen LogP contribution < -0.4 is 4.74 Å². The van der Waals surface area contributed by atoms with Gasteiger partial charge < -0.3 is 14.4 Å². The third kappa shape index (κ3) is 4.50. The molecule has 0 bridgehead atoms. The van der Waals surface area contributed by atoms with Crippen LogP contribution in [0.3, 0.4) is 0 Å². The van der Waals surface area contributed by atoms with Gasteiger partial charge in [-0.1, -0.05) is 42.5 Å². The summed E-state index contributed by atoms with van der Waals surface area (Å²) < 4.78 is 47.3. The third-order valence-electron chi connectivity index (χ3n) is 5.17. The molecular weight excluding hydrogens is 399 g/mol. The maximum atomic E-state index is 12.6. The number of rotatable bonds is 4. The van der Waals surface area contributed by atoms with Crippen molar-refractivity contribution in [3.8, 4) is 5.75 Å². The first-order chi connectivity index (χ1) is 14.4. The fourth-order valence-electron chi connectivity index (χ4n) is 3.71. The second kappa shape index (κ2) is 8.25. The molecule has 1 N–H and O–H groups in total. The van der Waals surface area contributed by atoms with Gasteiger partial charge in [-0.2, -0.15) is 5.10 Å². The highest BCUT2D eigenvalue weighted by atomic mass is 19.4. The summed E-state index contributed by atoms with van der Waals surface area (Å²) in [5, 5.41) is 7.51. The summed E-state index contributed by atoms with van der Waals surface area (Å²) in [6.45, 7) is 1.21. The Bertz CT molecular complexity index is 1010. The molecule has 0 aliphatic carbocycles. The molecule has 0 spiro atoms. The molecule has 6 nitrogen and oxygen atoms in total. The van der Waals surface area contributed by atoms with Crippen LogP contribution in [0.25, 0.3) is 10.9 Å². The number of carbonyl (C=O) groups is 1. The van der Waals surface area contributed by atoms with E-state index in [-0.39, 0.29) is 29.9 Å². The van der Waals surface area contributed by atoms with E-state index >= 15 is 0 Å². The summed E-state index contributed by atoms with van der Waals surface area (Å²) in [6.07, 6.45) is -3.84. The molecule has 1 fully saturated rings. The Kier molecular flexibility index (Phi) is 5.52. The van der Waals surface area contributed by atoms with Crippen molar-refractivity contribution >= 4 is 17.0 Å². The second-order valence-corrected chi connectivity index (χ2v) is 7.14. The van der Waals surface area contributed by atoms with Crippen molar-refractivity contribution in [1.82, 2.24) is 15.1 Å². The highest BCUT2D eigenvalue weighted by Gasteiger charge is 2.33. The van der Waals surface area contributed by atoms with E-state index in [1.54, 1.807) is 11.0 Å². The summed E-state index contributed by atoms with van der Waals surface area (Å²) in [7, 11) is 0. The summed E-state index contributed by atoms with van der Waals surface area (Å²) in [5.74, 6) is -0.279. The predicted molar refractivity (Wildman–Crippen MR) is 103 cm³/mol. The maximum absolute atomic E-state index is 12.6. The Morgan fingerprint density at radius 3 is 2.53 bits per heavy atom. The molecule has 9 heteroatoms. The minimum atomic E-state index is -4.78. The zero-order valence-electron chi connectivity index (χ0n) is 16.0. The number of carbonyl (C=O) groups excluding carboxylic acids is 1. The van der Waals surface area contributed by atoms with Crippen LogP contribution >= 0.6 is 0 Å². The van der Waals surface area contributed by atoms with Gasteiger partial charge in [0.05, 0.1) is 0 Å². The van der Waals surface area contributed by atoms with E-state index < -0.39 is 6.36 Å². The van der Waals surface area contributed by atoms with Gasteiger partial charge in [-0.3, -0.25) is 5.10 Å². The number of likely N-dealkylation sites (tertiary alicyclic amines) is 1. The van der Waals surface area contributed by atoms with Crippen molar-refractivity contribution < 1.29 is 27.4 Å². The summed E-state index contributed by atoms with van der Waals surface area (Å²) >= 11 is 0. The zero-order valence-corrected chi connectivity index (χ0v) is 16.0. The quantitative estimate of drug-likeness (QED) is 0.648. The lowest BCUT2D eigenvalue weighted by Crippen LogP contribution is -2.38. The van der Waals surface area contributed by atoms with Crippen molar-refractivity contribution in [2.75, 3.05) is 13.1 Å². The molecule has 1 aromatic heterocycles. The number of hydrogen-bond donors (Lipinski definition) is 1. The normalized spacial score (nSPS) is 15.4. The molecule has 2 aromatic carbocycles. The van der Waals surface area contributed by atoms with Gasteiger partial charge in [-0.25, -0.2) is 4.79 Å². The Balaban J connectivity index is 1.39. The van der Waals surface area contributed by atoms with E-state index in [9.17, 15) is 18.0 Å². The summed E-state index contributed by atoms with van der Waals surface area (Å²) in [4.78, 5) is 14.0. The fraction of sp³-hybridized carbons (Fsp3) is 0.333. The molecule has 4 rings (SSSR count). The summed E-state index contributed by atoms with van der Waals surface area (Å²) in [6, 6.07) is 13.9. The number of fused-ring (bicyclic) bond motifs is 1. The first-order valence-corrected chi connectivity index (χ1v) is 9.59. The molecule has 1 amide bonds. The van der Waals surface area contributed by atoms with Crippen molar-refractivity contribution in [3.63, 3.8) is 0 Å². The molecule has 158 valence electrons. The largest absolute Gasteiger partial charge is 0.573 e. The van der Waals surface area contributed by atoms with Gasteiger partial charge in [0.2, 0.25) is 0 Å². The number of ether oxygens (including phenoxy) is 2. The fourth-order valence-corrected chi connectivity index (χ4v) is 3.71. The molecule has 0 radical (unpaired) electrons. The molecule has 2 heterocycles. The van der Waals surface area contributed by atoms with Crippen LogP contribution in [0.4, 0.5) is 18.0 Å². The molecule has 1 saturated heterocycles. The SMILES string of the molecule is O=C(OCc1ccccc1)N1CCC(c2[nH]nc3c(OC(F)(F)F)cccc23)CC1. The summed E-state index contributed by atoms with van der Waals surface area (Å²) in [5.41, 5.74) is 1.82. The number of hydrogen-bond acceptors (Lipinski definition) is 4. The van der Waals surface area contributed by atoms with E-state index in [4.69, 9.17) is 4.74 Å². The number of aromatic nitrogens is 2. The molecule has 3 aromatic rings. The van der Waals surface area contributed by atoms with Crippen LogP contribution in [0.5, 0.6) is 5.75 Å². The number of benzene rings is 2. The van der Waals surface area contributed by atoms with Gasteiger partial charge in [-0.05, 0) is 24.5 Å². The van der Waals surface area contributed by atoms with E-state index in [1.807, 2.05) is 30.3 Å². The van der Waals surface area contributed by atoms with Crippen molar-refractivity contribution in [2.45, 2.75) is 31.7 Å². The van der Waals surface area contributed by atoms with Gasteiger partial charge in [-0.15, -0.1) is 13.2 Å². The van der Waals surface area contributed by atoms with Crippen LogP contribution in [0.15, 0.2) is 48.5 Å². The van der Waals surface area contributed by atoms with Crippen LogP contribution in [-0.2, 0) is 11.3 Å². The van der Waals surface area contributed by atoms with E-state index in [0.29, 0.717) is 31.3 Å². The molecule has 1 aliphatic heterocycles. The minimum absolute atomic E-state index is 0.0503. The van der Waals surface area contributed by atoms with E-state index in [2.05, 4.69) is 14.9 Å². The van der Waals surface area contributed by atoms with Crippen molar-refractivity contribution in [1.29, 1.82) is 0 Å². The number of nitrogens with zero attached hydrogens (tertiary/aromatic N) is 2. The highest BCUT2D eigenvalue weighted by molar-refractivity contribution is 5.87. The Morgan fingerprint density at radius 1 is 1.10 bits per heavy atom. The van der Waals surface area contributed by atoms with Gasteiger partial charge in [0.1, 0.15) is 12.1 Å². The van der Waals surface area contributed by atoms with Crippen molar-refractivity contribution in [2.24, 2.45) is 0 Å². The zero-order chi connectivity index (χ0) is 21.1. The first kappa shape index (κ1) is 20.1. The molecule has 1 aliphatic rings. The van der Waals surface area contributed by atoms with Crippen LogP contribution in [0.2, 0.25) is 0 Å². The molecular formula is C21H20F3N3O3. The first-order valence-electron chi connectivity index (χ1n) is 9.59. The maximum Gasteiger partial charge on any atom is 0.573 e. The number of piperidine rings is 1. The van der Waals surface area contributed by atoms with E-state index in [0.717, 1.165) is 11.3 Å². The lowest BCUT2D eigenvalue weighted by Gasteiger charge is -2.31. The number of amides is 1. The van der Waals surface area contributed by atoms with Crippen LogP contribution in [-0.4, -0.2) is 40.6 Å². The third-order valence-corrected chi connectivity index (χ3v) is 5.17. The van der Waals surface area contributed by atoms with Crippen molar-refractivity contribution in [3.05, 3.63) is 59.8 Å². The average molecular weight is 419 g/mol. The number of halogens is 3. The number of aromatic amines is 1. The highest BCUT2D eigenvalue weighted by Crippen LogP contribution is 2.36. The Morgan fingerprint density at radius 2 is 1.83 bits per heavy atom. The second-order valence-electron chi connectivity index (χ2n) is 7.14. The smallest absolute Gasteiger partial charge is 0.445 e. The molecule has 0 unspecified atom stereocenters. The minimum Gasteiger partial charge on any atom is -0.445 e. The monoisotopic (exact) mass is 419 g/mol. The standard InChI is InChI=1S/C21H20F3N3O3/c22-21(23,24)30-17-8-4-7-16-18(25-26-19(16)17)15-9-11-27(12-10-15)20(28)29-13-14-5-2-1-3-6-14/h1-8,15H,9-13H2,(H,25,26). The Hall–Kier alpha value is -3.23. The number of alkyl halides is 3. The molecule has 0 saturated carbocycles. The van der Waals surface area contributed by atoms with E-state index in [1.165, 1.54) is 12.1 Å². The van der Waals surface area contributed by atoms with Gasteiger partial charge in [0, 0.05) is 30.1 Å². The molecule has 30 heavy (non-hydrogen) atoms. The molecule has 0 atom stereocenters. The predicted octanol–water partition coefficient (Wildman–Crippen LogP) is 4.98. The van der Waals surface area contributed by atoms with Gasteiger partial charge in [0.15, 0.2) is 5.75 Å². The lowest BCUT2D eigenvalue weighted by atomic mass is 9.92. The van der Waals surface area contributed by atoms with Crippen LogP contribution in [0, 0.1) is 0 Å². The van der Waals surface area contributed by atoms with Crippen LogP contribution in [0.1, 0.15) is 30.0 Å². The topological polar surface area (TPSA) is 67.5 Å². The number of H-pyrrole nitrogens is 1. The lowest BCUT2D eigenvalue weighted by molar-refractivity contribution is -0.274. The van der Waals surface area contributed by atoms with Gasteiger partial charge in [0.25, 0.3) is 0 Å². The Labute approximate surface area is 170 Å². The average Bonchev–Trinajstić information content (AvgIpc) is 3.17. The number of para-hydroxylation sites is 1. The number of nitrogens with one attached hydrogen (secondary N) is 1. The van der Waals surface area contributed by atoms with Gasteiger partial charge >= 0.3 is 12.5 Å².